The molecule has 0 saturated carbocycles. The van der Waals surface area contributed by atoms with Gasteiger partial charge >= 0.3 is 5.97 Å². The van der Waals surface area contributed by atoms with E-state index in [0.29, 0.717) is 62.0 Å². The molecule has 49 heavy (non-hydrogen) atoms. The number of hydrogen-bond acceptors (Lipinski definition) is 9. The molecule has 4 aromatic rings. The number of carbonyl (C=O) groups is 2. The van der Waals surface area contributed by atoms with Gasteiger partial charge in [0.25, 0.3) is 11.5 Å². The van der Waals surface area contributed by atoms with Crippen molar-refractivity contribution in [3.05, 3.63) is 96.7 Å². The lowest BCUT2D eigenvalue weighted by Crippen LogP contribution is -2.40. The van der Waals surface area contributed by atoms with Crippen LogP contribution in [0.4, 0.5) is 0 Å². The van der Waals surface area contributed by atoms with E-state index in [2.05, 4.69) is 0 Å². The molecule has 0 spiro atoms. The van der Waals surface area contributed by atoms with Gasteiger partial charge in [0.15, 0.2) is 22.9 Å². The summed E-state index contributed by atoms with van der Waals surface area (Å²) in [6.45, 7) is 7.68. The van der Waals surface area contributed by atoms with Gasteiger partial charge in [0.2, 0.25) is 0 Å². The molecule has 0 unspecified atom stereocenters. The molecule has 0 aliphatic carbocycles. The molecule has 1 saturated heterocycles. The molecule has 3 aromatic carbocycles. The number of esters is 1. The molecule has 2 aliphatic heterocycles. The van der Waals surface area contributed by atoms with Gasteiger partial charge in [0.1, 0.15) is 11.8 Å². The summed E-state index contributed by atoms with van der Waals surface area (Å²) in [6.07, 6.45) is 5.08. The van der Waals surface area contributed by atoms with Crippen LogP contribution in [0.5, 0.6) is 17.2 Å². The van der Waals surface area contributed by atoms with E-state index in [4.69, 9.17) is 23.9 Å². The monoisotopic (exact) mass is 683 g/mol. The standard InChI is InChI=1S/C38H41N3O7S/c1-5-12-27-34(37(44)47-7-3)35(33-26-14-9-8-13-25(26)16-18-29(33)45-4)41-36(43)31(49-38(41)39-27)22-24-15-17-28(30(21-24)46-6-2)48-23-32(42)40-19-10-11-20-40/h8-9,13-18,21-22,35H,5-7,10-12,19-20,23H2,1-4H3/b31-22+/t35-/m1/s1. The van der Waals surface area contributed by atoms with Crippen molar-refractivity contribution in [2.75, 3.05) is 40.0 Å². The average Bonchev–Trinajstić information content (AvgIpc) is 3.76. The molecule has 2 aliphatic rings. The van der Waals surface area contributed by atoms with Crippen LogP contribution in [0.25, 0.3) is 16.8 Å². The Morgan fingerprint density at radius 1 is 0.959 bits per heavy atom. The van der Waals surface area contributed by atoms with Crippen molar-refractivity contribution in [1.82, 2.24) is 9.47 Å². The lowest BCUT2D eigenvalue weighted by atomic mass is 9.90. The van der Waals surface area contributed by atoms with Crippen LogP contribution in [0, 0.1) is 0 Å². The maximum absolute atomic E-state index is 14.5. The molecule has 10 nitrogen and oxygen atoms in total. The van der Waals surface area contributed by atoms with Gasteiger partial charge in [0.05, 0.1) is 36.1 Å². The molecular weight excluding hydrogens is 642 g/mol. The lowest BCUT2D eigenvalue weighted by Gasteiger charge is -2.28. The summed E-state index contributed by atoms with van der Waals surface area (Å²) in [4.78, 5) is 48.1. The van der Waals surface area contributed by atoms with Crippen molar-refractivity contribution >= 4 is 40.1 Å². The average molecular weight is 684 g/mol. The number of benzene rings is 3. The van der Waals surface area contributed by atoms with Crippen LogP contribution < -0.4 is 29.1 Å². The van der Waals surface area contributed by atoms with Crippen LogP contribution in [-0.4, -0.2) is 61.4 Å². The third-order valence-electron chi connectivity index (χ3n) is 8.69. The zero-order valence-electron chi connectivity index (χ0n) is 28.3. The maximum Gasteiger partial charge on any atom is 0.338 e. The number of amides is 1. The highest BCUT2D eigenvalue weighted by Crippen LogP contribution is 2.41. The van der Waals surface area contributed by atoms with E-state index in [1.165, 1.54) is 11.3 Å². The molecule has 0 bridgehead atoms. The van der Waals surface area contributed by atoms with Crippen LogP contribution in [0.1, 0.15) is 63.6 Å². The number of ether oxygens (including phenoxy) is 4. The van der Waals surface area contributed by atoms with Crippen LogP contribution in [0.3, 0.4) is 0 Å². The Morgan fingerprint density at radius 2 is 1.73 bits per heavy atom. The SMILES string of the molecule is CCCC1=C(C(=O)OCC)[C@@H](c2c(OC)ccc3ccccc23)n2c(s/c(=C/c3ccc(OCC(=O)N4CCCC4)c(OCC)c3)c2=O)=N1. The van der Waals surface area contributed by atoms with E-state index in [1.807, 2.05) is 61.2 Å². The van der Waals surface area contributed by atoms with Crippen molar-refractivity contribution in [2.24, 2.45) is 4.99 Å². The van der Waals surface area contributed by atoms with Crippen LogP contribution in [0.2, 0.25) is 0 Å². The molecule has 1 amide bonds. The molecular formula is C38H41N3O7S. The lowest BCUT2D eigenvalue weighted by molar-refractivity contribution is -0.139. The molecule has 3 heterocycles. The van der Waals surface area contributed by atoms with Gasteiger partial charge in [-0.05, 0) is 73.7 Å². The number of thiazole rings is 1. The molecule has 6 rings (SSSR count). The second-order valence-electron chi connectivity index (χ2n) is 11.8. The van der Waals surface area contributed by atoms with E-state index >= 15 is 0 Å². The quantitative estimate of drug-likeness (QED) is 0.190. The highest BCUT2D eigenvalue weighted by Gasteiger charge is 2.37. The second-order valence-corrected chi connectivity index (χ2v) is 12.8. The van der Waals surface area contributed by atoms with Crippen molar-refractivity contribution in [3.8, 4) is 17.2 Å². The Hall–Kier alpha value is -4.90. The first kappa shape index (κ1) is 34.0. The van der Waals surface area contributed by atoms with E-state index in [1.54, 1.807) is 36.8 Å². The number of carbonyl (C=O) groups excluding carboxylic acids is 2. The van der Waals surface area contributed by atoms with Crippen LogP contribution >= 0.6 is 11.3 Å². The number of nitrogens with zero attached hydrogens (tertiary/aromatic N) is 3. The minimum Gasteiger partial charge on any atom is -0.496 e. The first-order chi connectivity index (χ1) is 23.9. The van der Waals surface area contributed by atoms with Gasteiger partial charge in [0, 0.05) is 18.7 Å². The number of likely N-dealkylation sites (tertiary alicyclic amines) is 1. The first-order valence-corrected chi connectivity index (χ1v) is 17.6. The van der Waals surface area contributed by atoms with Crippen molar-refractivity contribution in [3.63, 3.8) is 0 Å². The zero-order chi connectivity index (χ0) is 34.5. The topological polar surface area (TPSA) is 109 Å². The van der Waals surface area contributed by atoms with E-state index in [9.17, 15) is 14.4 Å². The summed E-state index contributed by atoms with van der Waals surface area (Å²) in [5.41, 5.74) is 2.04. The fourth-order valence-electron chi connectivity index (χ4n) is 6.48. The molecule has 1 aromatic heterocycles. The fraction of sp³-hybridized carbons (Fsp3) is 0.368. The Labute approximate surface area is 288 Å². The largest absolute Gasteiger partial charge is 0.496 e. The van der Waals surface area contributed by atoms with Gasteiger partial charge in [-0.2, -0.15) is 0 Å². The van der Waals surface area contributed by atoms with Gasteiger partial charge in [-0.1, -0.05) is 61.1 Å². The van der Waals surface area contributed by atoms with E-state index in [0.717, 1.165) is 43.1 Å². The van der Waals surface area contributed by atoms with Crippen molar-refractivity contribution < 1.29 is 28.5 Å². The number of fused-ring (bicyclic) bond motifs is 2. The maximum atomic E-state index is 14.5. The summed E-state index contributed by atoms with van der Waals surface area (Å²) in [5, 5.41) is 1.81. The highest BCUT2D eigenvalue weighted by molar-refractivity contribution is 7.07. The summed E-state index contributed by atoms with van der Waals surface area (Å²) in [6, 6.07) is 16.2. The molecule has 0 radical (unpaired) electrons. The summed E-state index contributed by atoms with van der Waals surface area (Å²) >= 11 is 1.26. The number of methoxy groups -OCH3 is 1. The molecule has 1 atom stereocenters. The predicted molar refractivity (Wildman–Crippen MR) is 189 cm³/mol. The van der Waals surface area contributed by atoms with Gasteiger partial charge in [-0.15, -0.1) is 0 Å². The molecule has 11 heteroatoms. The van der Waals surface area contributed by atoms with Crippen molar-refractivity contribution in [1.29, 1.82) is 0 Å². The third kappa shape index (κ3) is 6.85. The normalized spacial score (nSPS) is 16.0. The Morgan fingerprint density at radius 3 is 2.47 bits per heavy atom. The molecule has 256 valence electrons. The number of aromatic nitrogens is 1. The minimum absolute atomic E-state index is 0.0489. The number of hydrogen-bond donors (Lipinski definition) is 0. The summed E-state index contributed by atoms with van der Waals surface area (Å²) in [5.74, 6) is 0.931. The van der Waals surface area contributed by atoms with Gasteiger partial charge < -0.3 is 23.8 Å². The third-order valence-corrected chi connectivity index (χ3v) is 9.67. The minimum atomic E-state index is -0.831. The van der Waals surface area contributed by atoms with E-state index in [-0.39, 0.29) is 24.7 Å². The summed E-state index contributed by atoms with van der Waals surface area (Å²) < 4.78 is 25.3. The molecule has 1 fully saturated rings. The number of rotatable bonds is 12. The van der Waals surface area contributed by atoms with Gasteiger partial charge in [-0.3, -0.25) is 14.2 Å². The molecule has 0 N–H and O–H groups in total. The number of allylic oxidation sites excluding steroid dienone is 1. The van der Waals surface area contributed by atoms with Crippen LogP contribution in [-0.2, 0) is 14.3 Å². The van der Waals surface area contributed by atoms with Crippen LogP contribution in [0.15, 0.2) is 75.7 Å². The van der Waals surface area contributed by atoms with Crippen molar-refractivity contribution in [2.45, 2.75) is 52.5 Å². The Kier molecular flexibility index (Phi) is 10.5. The van der Waals surface area contributed by atoms with Gasteiger partial charge in [-0.25, -0.2) is 9.79 Å². The predicted octanol–water partition coefficient (Wildman–Crippen LogP) is 5.14. The smallest absolute Gasteiger partial charge is 0.338 e. The Bertz CT molecular complexity index is 2090. The first-order valence-electron chi connectivity index (χ1n) is 16.8. The second kappa shape index (κ2) is 15.1. The zero-order valence-corrected chi connectivity index (χ0v) is 29.1. The highest BCUT2D eigenvalue weighted by atomic mass is 32.1. The Balaban J connectivity index is 1.49. The van der Waals surface area contributed by atoms with E-state index < -0.39 is 12.0 Å². The summed E-state index contributed by atoms with van der Waals surface area (Å²) in [7, 11) is 1.59. The fourth-order valence-corrected chi connectivity index (χ4v) is 7.50.